The van der Waals surface area contributed by atoms with Gasteiger partial charge in [0.1, 0.15) is 0 Å². The molecule has 1 aliphatic carbocycles. The molecule has 122 valence electrons. The van der Waals surface area contributed by atoms with Crippen LogP contribution < -0.4 is 0 Å². The minimum Gasteiger partial charge on any atom is -0.465 e. The van der Waals surface area contributed by atoms with Crippen LogP contribution in [0.3, 0.4) is 0 Å². The Morgan fingerprint density at radius 3 is 2.70 bits per heavy atom. The Labute approximate surface area is 135 Å². The van der Waals surface area contributed by atoms with Crippen LogP contribution in [-0.4, -0.2) is 36.0 Å². The third kappa shape index (κ3) is 2.73. The number of hydrogen-bond acceptors (Lipinski definition) is 4. The molecule has 2 fully saturated rings. The Morgan fingerprint density at radius 1 is 1.17 bits per heavy atom. The van der Waals surface area contributed by atoms with Gasteiger partial charge in [0.25, 0.3) is 0 Å². The van der Waals surface area contributed by atoms with Gasteiger partial charge in [-0.25, -0.2) is 0 Å². The molecular weight excluding hydrogens is 292 g/mol. The Morgan fingerprint density at radius 2 is 1.91 bits per heavy atom. The second kappa shape index (κ2) is 6.30. The van der Waals surface area contributed by atoms with Crippen LogP contribution >= 0.6 is 0 Å². The van der Waals surface area contributed by atoms with Crippen LogP contribution in [0.5, 0.6) is 0 Å². The number of aliphatic hydroxyl groups is 2. The number of carbonyl (C=O) groups is 1. The normalized spacial score (nSPS) is 28.9. The molecule has 2 aliphatic rings. The van der Waals surface area contributed by atoms with E-state index in [4.69, 9.17) is 9.84 Å². The molecule has 0 radical (unpaired) electrons. The number of benzene rings is 2. The molecule has 1 heterocycles. The number of carbonyl (C=O) groups excluding carboxylic acids is 1. The minimum atomic E-state index is -0.512. The fourth-order valence-corrected chi connectivity index (χ4v) is 4.02. The number of esters is 1. The maximum absolute atomic E-state index is 12.3. The maximum Gasteiger partial charge on any atom is 0.312 e. The quantitative estimate of drug-likeness (QED) is 0.835. The first kappa shape index (κ1) is 16.0. The molecule has 1 aliphatic heterocycles. The molecule has 4 heteroatoms. The summed E-state index contributed by atoms with van der Waals surface area (Å²) in [6.07, 6.45) is 1.50. The second-order valence-corrected chi connectivity index (χ2v) is 6.40. The highest BCUT2D eigenvalue weighted by molar-refractivity contribution is 5.84. The van der Waals surface area contributed by atoms with Gasteiger partial charge in [0, 0.05) is 13.0 Å². The van der Waals surface area contributed by atoms with Crippen molar-refractivity contribution in [1.29, 1.82) is 0 Å². The smallest absolute Gasteiger partial charge is 0.312 e. The highest BCUT2D eigenvalue weighted by atomic mass is 16.5. The molecule has 1 unspecified atom stereocenters. The highest BCUT2D eigenvalue weighted by Crippen LogP contribution is 2.50. The molecule has 23 heavy (non-hydrogen) atoms. The highest BCUT2D eigenvalue weighted by Gasteiger charge is 2.57. The Kier molecular flexibility index (Phi) is 4.37. The average Bonchev–Trinajstić information content (AvgIpc) is 3.04. The lowest BCUT2D eigenvalue weighted by Crippen LogP contribution is -2.32. The van der Waals surface area contributed by atoms with Crippen molar-refractivity contribution in [2.75, 3.05) is 13.7 Å². The van der Waals surface area contributed by atoms with E-state index in [1.807, 2.05) is 12.1 Å². The van der Waals surface area contributed by atoms with Gasteiger partial charge in [0.15, 0.2) is 0 Å². The molecule has 0 spiro atoms. The van der Waals surface area contributed by atoms with Crippen molar-refractivity contribution in [3.63, 3.8) is 0 Å². The molecule has 0 aromatic heterocycles. The van der Waals surface area contributed by atoms with E-state index in [1.165, 1.54) is 10.8 Å². The van der Waals surface area contributed by atoms with E-state index in [1.54, 1.807) is 0 Å². The van der Waals surface area contributed by atoms with Crippen molar-refractivity contribution in [2.45, 2.75) is 25.4 Å². The molecular formula is C19H22O4. The second-order valence-electron chi connectivity index (χ2n) is 6.40. The van der Waals surface area contributed by atoms with Gasteiger partial charge in [-0.2, -0.15) is 0 Å². The maximum atomic E-state index is 12.3. The van der Waals surface area contributed by atoms with Crippen LogP contribution in [0, 0.1) is 11.3 Å². The van der Waals surface area contributed by atoms with Gasteiger partial charge in [0.2, 0.25) is 0 Å². The molecule has 1 saturated heterocycles. The van der Waals surface area contributed by atoms with Gasteiger partial charge in [-0.1, -0.05) is 42.5 Å². The Hall–Kier alpha value is -1.91. The summed E-state index contributed by atoms with van der Waals surface area (Å²) in [6.45, 7) is 0.462. The summed E-state index contributed by atoms with van der Waals surface area (Å²) in [7, 11) is 1.00. The molecule has 2 aromatic rings. The predicted molar refractivity (Wildman–Crippen MR) is 87.9 cm³/mol. The first-order valence-electron chi connectivity index (χ1n) is 7.95. The lowest BCUT2D eigenvalue weighted by atomic mass is 9.75. The molecule has 0 bridgehead atoms. The van der Waals surface area contributed by atoms with Crippen molar-refractivity contribution in [3.8, 4) is 0 Å². The molecule has 3 atom stereocenters. The summed E-state index contributed by atoms with van der Waals surface area (Å²) in [5, 5.41) is 19.4. The standard InChI is InChI=1S/C18H18O3.CH4O/c19-16-8-15-11-21-17(20)18(15,10-16)9-12-5-6-13-3-1-2-4-14(13)7-12;1-2/h1-7,15-16,19H,8-11H2;2H,1H3/t15-,16?,18-;/m1./s1. The monoisotopic (exact) mass is 314 g/mol. The van der Waals surface area contributed by atoms with Crippen molar-refractivity contribution >= 4 is 16.7 Å². The number of cyclic esters (lactones) is 1. The predicted octanol–water partition coefficient (Wildman–Crippen LogP) is 2.30. The number of rotatable bonds is 2. The number of aliphatic hydroxyl groups excluding tert-OH is 2. The molecule has 1 saturated carbocycles. The molecule has 4 rings (SSSR count). The van der Waals surface area contributed by atoms with Crippen LogP contribution in [-0.2, 0) is 16.0 Å². The van der Waals surface area contributed by atoms with E-state index in [2.05, 4.69) is 30.3 Å². The Balaban J connectivity index is 0.000000753. The summed E-state index contributed by atoms with van der Waals surface area (Å²) in [5.74, 6) is 0.0312. The number of hydrogen-bond donors (Lipinski definition) is 2. The topological polar surface area (TPSA) is 66.8 Å². The summed E-state index contributed by atoms with van der Waals surface area (Å²) in [5.41, 5.74) is 0.633. The van der Waals surface area contributed by atoms with Gasteiger partial charge >= 0.3 is 5.97 Å². The zero-order valence-electron chi connectivity index (χ0n) is 13.2. The summed E-state index contributed by atoms with van der Waals surface area (Å²) in [6, 6.07) is 14.6. The van der Waals surface area contributed by atoms with E-state index in [-0.39, 0.29) is 18.0 Å². The van der Waals surface area contributed by atoms with Crippen LogP contribution in [0.2, 0.25) is 0 Å². The lowest BCUT2D eigenvalue weighted by Gasteiger charge is -2.24. The lowest BCUT2D eigenvalue weighted by molar-refractivity contribution is -0.147. The minimum absolute atomic E-state index is 0.128. The van der Waals surface area contributed by atoms with Crippen molar-refractivity contribution in [1.82, 2.24) is 0 Å². The van der Waals surface area contributed by atoms with Gasteiger partial charge < -0.3 is 14.9 Å². The van der Waals surface area contributed by atoms with Crippen molar-refractivity contribution < 1.29 is 19.7 Å². The largest absolute Gasteiger partial charge is 0.465 e. The van der Waals surface area contributed by atoms with Crippen LogP contribution in [0.25, 0.3) is 10.8 Å². The molecule has 4 nitrogen and oxygen atoms in total. The van der Waals surface area contributed by atoms with E-state index >= 15 is 0 Å². The SMILES string of the molecule is CO.O=C1OC[C@H]2CC(O)C[C@@]12Cc1ccc2ccccc2c1. The summed E-state index contributed by atoms with van der Waals surface area (Å²) in [4.78, 5) is 12.3. The van der Waals surface area contributed by atoms with Crippen molar-refractivity contribution in [2.24, 2.45) is 11.3 Å². The van der Waals surface area contributed by atoms with E-state index in [0.717, 1.165) is 12.7 Å². The average molecular weight is 314 g/mol. The van der Waals surface area contributed by atoms with E-state index < -0.39 is 5.41 Å². The van der Waals surface area contributed by atoms with Crippen LogP contribution in [0.1, 0.15) is 18.4 Å². The zero-order chi connectivity index (χ0) is 16.4. The van der Waals surface area contributed by atoms with Gasteiger partial charge in [-0.3, -0.25) is 4.79 Å². The van der Waals surface area contributed by atoms with Gasteiger partial charge in [-0.15, -0.1) is 0 Å². The molecule has 0 amide bonds. The van der Waals surface area contributed by atoms with E-state index in [0.29, 0.717) is 25.9 Å². The van der Waals surface area contributed by atoms with Gasteiger partial charge in [0.05, 0.1) is 18.1 Å². The summed E-state index contributed by atoms with van der Waals surface area (Å²) >= 11 is 0. The fraction of sp³-hybridized carbons (Fsp3) is 0.421. The molecule has 2 N–H and O–H groups in total. The zero-order valence-corrected chi connectivity index (χ0v) is 13.2. The van der Waals surface area contributed by atoms with Crippen molar-refractivity contribution in [3.05, 3.63) is 48.0 Å². The molecule has 2 aromatic carbocycles. The Bertz CT molecular complexity index is 711. The fourth-order valence-electron chi connectivity index (χ4n) is 4.02. The third-order valence-corrected chi connectivity index (χ3v) is 5.09. The third-order valence-electron chi connectivity index (χ3n) is 5.09. The summed E-state index contributed by atoms with van der Waals surface area (Å²) < 4.78 is 5.28. The number of ether oxygens (including phenoxy) is 1. The van der Waals surface area contributed by atoms with E-state index in [9.17, 15) is 9.90 Å². The van der Waals surface area contributed by atoms with Crippen LogP contribution in [0.4, 0.5) is 0 Å². The first-order valence-corrected chi connectivity index (χ1v) is 7.95. The van der Waals surface area contributed by atoms with Crippen LogP contribution in [0.15, 0.2) is 42.5 Å². The first-order chi connectivity index (χ1) is 11.2. The van der Waals surface area contributed by atoms with Gasteiger partial charge in [-0.05, 0) is 35.6 Å². The number of fused-ring (bicyclic) bond motifs is 2.